The molecule has 0 aromatic carbocycles. The molecule has 1 aromatic heterocycles. The molecule has 3 aliphatic heterocycles. The number of esters is 1. The van der Waals surface area contributed by atoms with Crippen LogP contribution in [0.2, 0.25) is 0 Å². The molecule has 0 aliphatic carbocycles. The van der Waals surface area contributed by atoms with Crippen LogP contribution in [0.5, 0.6) is 0 Å². The second kappa shape index (κ2) is 6.78. The number of anilines is 3. The van der Waals surface area contributed by atoms with Gasteiger partial charge in [0, 0.05) is 13.3 Å². The monoisotopic (exact) mass is 382 g/mol. The Morgan fingerprint density at radius 2 is 2.38 bits per heavy atom. The van der Waals surface area contributed by atoms with Crippen LogP contribution in [-0.4, -0.2) is 62.0 Å². The van der Waals surface area contributed by atoms with Gasteiger partial charge in [0.2, 0.25) is 6.79 Å². The van der Waals surface area contributed by atoms with Gasteiger partial charge in [-0.2, -0.15) is 13.6 Å². The van der Waals surface area contributed by atoms with Gasteiger partial charge in [0.25, 0.3) is 0 Å². The maximum absolute atomic E-state index is 10.8. The summed E-state index contributed by atoms with van der Waals surface area (Å²) < 4.78 is 27.4. The molecule has 3 unspecified atom stereocenters. The minimum atomic E-state index is -3.06. The summed E-state index contributed by atoms with van der Waals surface area (Å²) in [5.74, 6) is 0.595. The predicted octanol–water partition coefficient (Wildman–Crippen LogP) is 0.162. The fourth-order valence-corrected chi connectivity index (χ4v) is 4.40. The number of rotatable bonds is 4. The first-order chi connectivity index (χ1) is 12.5. The fourth-order valence-electron chi connectivity index (χ4n) is 3.05. The second-order valence-electron chi connectivity index (χ2n) is 5.99. The summed E-state index contributed by atoms with van der Waals surface area (Å²) in [6.07, 6.45) is 1.10. The summed E-state index contributed by atoms with van der Waals surface area (Å²) in [5.41, 5.74) is 6.55. The van der Waals surface area contributed by atoms with Crippen LogP contribution in [-0.2, 0) is 27.8 Å². The minimum absolute atomic E-state index is 0.228. The largest absolute Gasteiger partial charge is 0.488 e. The number of hydrogen-bond donors (Lipinski definition) is 2. The van der Waals surface area contributed by atoms with Crippen LogP contribution >= 0.6 is 7.82 Å². The number of carbonyl (C=O) groups excluding carboxylic acids is 1. The van der Waals surface area contributed by atoms with Crippen molar-refractivity contribution in [1.82, 2.24) is 9.97 Å². The smallest absolute Gasteiger partial charge is 0.434 e. The molecule has 26 heavy (non-hydrogen) atoms. The molecule has 4 rings (SSSR count). The zero-order valence-corrected chi connectivity index (χ0v) is 14.9. The van der Waals surface area contributed by atoms with Gasteiger partial charge < -0.3 is 25.4 Å². The van der Waals surface area contributed by atoms with Gasteiger partial charge in [0.1, 0.15) is 37.1 Å². The summed E-state index contributed by atoms with van der Waals surface area (Å²) in [4.78, 5) is 21.0. The highest BCUT2D eigenvalue weighted by atomic mass is 31.2. The molecule has 4 atom stereocenters. The lowest BCUT2D eigenvalue weighted by Gasteiger charge is -2.29. The van der Waals surface area contributed by atoms with Crippen molar-refractivity contribution in [2.24, 2.45) is 0 Å². The van der Waals surface area contributed by atoms with Gasteiger partial charge in [-0.1, -0.05) is 0 Å². The van der Waals surface area contributed by atoms with E-state index in [4.69, 9.17) is 36.3 Å². The molecule has 0 spiro atoms. The Hall–Kier alpha value is -1.72. The zero-order chi connectivity index (χ0) is 18.3. The lowest BCUT2D eigenvalue weighted by Crippen LogP contribution is -2.36. The Bertz CT molecular complexity index is 716. The average molecular weight is 382 g/mol. The molecule has 0 bridgehead atoms. The van der Waals surface area contributed by atoms with Gasteiger partial charge in [0.05, 0.1) is 6.67 Å². The van der Waals surface area contributed by atoms with Crippen molar-refractivity contribution in [1.29, 1.82) is 0 Å². The van der Waals surface area contributed by atoms with Crippen LogP contribution in [0.4, 0.5) is 17.3 Å². The second-order valence-corrected chi connectivity index (χ2v) is 7.80. The van der Waals surface area contributed by atoms with Crippen LogP contribution in [0, 0.1) is 0 Å². The molecule has 138 valence electrons. The lowest BCUT2D eigenvalue weighted by molar-refractivity contribution is -0.149. The van der Waals surface area contributed by atoms with Crippen molar-refractivity contribution < 1.29 is 27.8 Å². The van der Waals surface area contributed by atoms with E-state index in [2.05, 4.69) is 15.3 Å². The Labute approximate surface area is 151 Å². The molecule has 4 heterocycles. The summed E-state index contributed by atoms with van der Waals surface area (Å²) in [6, 6.07) is 0. The first-order valence-corrected chi connectivity index (χ1v) is 9.61. The molecule has 11 nitrogen and oxygen atoms in total. The van der Waals surface area contributed by atoms with Crippen molar-refractivity contribution in [3.05, 3.63) is 6.33 Å². The molecule has 3 aliphatic rings. The third-order valence-electron chi connectivity index (χ3n) is 4.28. The molecule has 3 N–H and O–H groups in total. The van der Waals surface area contributed by atoms with Crippen LogP contribution in [0.25, 0.3) is 0 Å². The number of nitrogens with two attached hydrogens (primary N) is 1. The van der Waals surface area contributed by atoms with Gasteiger partial charge in [-0.15, -0.1) is 0 Å². The summed E-state index contributed by atoms with van der Waals surface area (Å²) >= 11 is 0. The number of nitrogen functional groups attached to an aromatic ring is 1. The number of fused-ring (bicyclic) bond motifs is 2. The van der Waals surface area contributed by atoms with E-state index in [1.807, 2.05) is 4.90 Å². The van der Waals surface area contributed by atoms with E-state index in [-0.39, 0.29) is 31.8 Å². The highest BCUT2D eigenvalue weighted by Crippen LogP contribution is 2.62. The summed E-state index contributed by atoms with van der Waals surface area (Å²) in [5, 5.41) is 3.16. The van der Waals surface area contributed by atoms with Crippen LogP contribution in [0.1, 0.15) is 13.3 Å². The van der Waals surface area contributed by atoms with Crippen LogP contribution in [0.15, 0.2) is 6.33 Å². The third kappa shape index (κ3) is 3.30. The molecular weight excluding hydrogens is 364 g/mol. The first kappa shape index (κ1) is 17.7. The molecule has 1 aromatic rings. The Morgan fingerprint density at radius 3 is 3.19 bits per heavy atom. The minimum Gasteiger partial charge on any atom is -0.434 e. The van der Waals surface area contributed by atoms with E-state index >= 15 is 0 Å². The van der Waals surface area contributed by atoms with Crippen LogP contribution < -0.4 is 16.0 Å². The number of aromatic nitrogens is 2. The van der Waals surface area contributed by atoms with Crippen LogP contribution in [0.3, 0.4) is 0 Å². The Kier molecular flexibility index (Phi) is 4.62. The van der Waals surface area contributed by atoms with E-state index in [0.717, 1.165) is 0 Å². The number of nitrogens with one attached hydrogen (secondary N) is 1. The topological polar surface area (TPSA) is 130 Å². The maximum Gasteiger partial charge on any atom is 0.488 e. The molecule has 2 saturated heterocycles. The van der Waals surface area contributed by atoms with Crippen molar-refractivity contribution in [3.63, 3.8) is 0 Å². The molecular formula is C13H18BN5O6P+. The normalized spacial score (nSPS) is 32.7. The molecule has 0 amide bonds. The SMILES string of the molecule is [B][P+]1(OCOC(C)=O)OCC2OC(N3CNc4c(N)ncnc43)C[C@@H]2O1. The first-order valence-electron chi connectivity index (χ1n) is 8.00. The maximum atomic E-state index is 10.8. The average Bonchev–Trinajstić information content (AvgIpc) is 3.18. The highest BCUT2D eigenvalue weighted by Gasteiger charge is 2.55. The number of hydrogen-bond acceptors (Lipinski definition) is 11. The zero-order valence-electron chi connectivity index (χ0n) is 14.0. The molecule has 2 fully saturated rings. The van der Waals surface area contributed by atoms with E-state index in [9.17, 15) is 4.79 Å². The quantitative estimate of drug-likeness (QED) is 0.320. The summed E-state index contributed by atoms with van der Waals surface area (Å²) in [7, 11) is 2.97. The number of carbonyl (C=O) groups is 1. The van der Waals surface area contributed by atoms with Crippen molar-refractivity contribution in [3.8, 4) is 0 Å². The van der Waals surface area contributed by atoms with Crippen molar-refractivity contribution in [2.45, 2.75) is 31.8 Å². The predicted molar refractivity (Wildman–Crippen MR) is 91.9 cm³/mol. The highest BCUT2D eigenvalue weighted by molar-refractivity contribution is 7.85. The molecule has 13 heteroatoms. The standard InChI is InChI=1S/C13H18BN5O6P/c1-7(20)21-6-23-26(14)22-3-9-8(25-26)2-10(24-9)19-5-18-11-12(15)16-4-17-13(11)19/h4,8-10,18H,2-3,5-6H2,1H3,(H2,15,16,17)/q+1/t8-,9?,10?,26?/m0/s1. The van der Waals surface area contributed by atoms with Crippen molar-refractivity contribution >= 4 is 38.7 Å². The Balaban J connectivity index is 1.40. The van der Waals surface area contributed by atoms with Gasteiger partial charge in [-0.3, -0.25) is 4.79 Å². The van der Waals surface area contributed by atoms with Gasteiger partial charge in [-0.05, 0) is 0 Å². The fraction of sp³-hybridized carbons (Fsp3) is 0.615. The van der Waals surface area contributed by atoms with Crippen molar-refractivity contribution in [2.75, 3.05) is 36.0 Å². The summed E-state index contributed by atoms with van der Waals surface area (Å²) in [6.45, 7) is 1.68. The molecule has 0 saturated carbocycles. The van der Waals surface area contributed by atoms with Gasteiger partial charge in [-0.25, -0.2) is 9.97 Å². The van der Waals surface area contributed by atoms with E-state index < -0.39 is 13.8 Å². The number of ether oxygens (including phenoxy) is 2. The lowest BCUT2D eigenvalue weighted by atomic mass is 10.2. The number of nitrogens with zero attached hydrogens (tertiary/aromatic N) is 3. The van der Waals surface area contributed by atoms with E-state index in [1.165, 1.54) is 13.3 Å². The molecule has 2 radical (unpaired) electrons. The Morgan fingerprint density at radius 1 is 1.54 bits per heavy atom. The van der Waals surface area contributed by atoms with Gasteiger partial charge >= 0.3 is 21.4 Å². The van der Waals surface area contributed by atoms with Gasteiger partial charge in [0.15, 0.2) is 11.6 Å². The van der Waals surface area contributed by atoms with E-state index in [0.29, 0.717) is 30.4 Å². The third-order valence-corrected chi connectivity index (χ3v) is 5.82. The van der Waals surface area contributed by atoms with E-state index in [1.54, 1.807) is 0 Å².